The van der Waals surface area contributed by atoms with Crippen molar-refractivity contribution in [2.75, 3.05) is 19.0 Å². The van der Waals surface area contributed by atoms with E-state index in [0.29, 0.717) is 5.92 Å². The fourth-order valence-corrected chi connectivity index (χ4v) is 3.05. The fourth-order valence-electron chi connectivity index (χ4n) is 2.64. The lowest BCUT2D eigenvalue weighted by atomic mass is 9.81. The molecular formula is C15H21BrN2O2. The predicted octanol–water partition coefficient (Wildman–Crippen LogP) is 3.16. The highest BCUT2D eigenvalue weighted by atomic mass is 79.9. The van der Waals surface area contributed by atoms with Gasteiger partial charge in [-0.05, 0) is 66.2 Å². The van der Waals surface area contributed by atoms with Gasteiger partial charge >= 0.3 is 0 Å². The van der Waals surface area contributed by atoms with Crippen molar-refractivity contribution in [1.82, 2.24) is 0 Å². The van der Waals surface area contributed by atoms with E-state index >= 15 is 0 Å². The highest BCUT2D eigenvalue weighted by Crippen LogP contribution is 2.31. The van der Waals surface area contributed by atoms with Crippen LogP contribution in [0.15, 0.2) is 22.7 Å². The van der Waals surface area contributed by atoms with Crippen molar-refractivity contribution in [3.8, 4) is 5.75 Å². The first-order chi connectivity index (χ1) is 9.63. The van der Waals surface area contributed by atoms with E-state index in [1.807, 2.05) is 18.2 Å². The normalized spacial score (nSPS) is 22.4. The third-order valence-corrected chi connectivity index (χ3v) is 4.62. The summed E-state index contributed by atoms with van der Waals surface area (Å²) in [6, 6.07) is 5.57. The van der Waals surface area contributed by atoms with Crippen LogP contribution in [0, 0.1) is 11.8 Å². The number of hydrogen-bond donors (Lipinski definition) is 2. The second-order valence-electron chi connectivity index (χ2n) is 5.29. The molecule has 3 N–H and O–H groups in total. The van der Waals surface area contributed by atoms with Crippen molar-refractivity contribution in [2.45, 2.75) is 25.7 Å². The number of rotatable bonds is 4. The molecule has 0 heterocycles. The molecule has 1 amide bonds. The van der Waals surface area contributed by atoms with E-state index in [0.717, 1.165) is 48.1 Å². The number of carbonyl (C=O) groups is 1. The van der Waals surface area contributed by atoms with E-state index in [9.17, 15) is 4.79 Å². The molecule has 1 aliphatic rings. The van der Waals surface area contributed by atoms with Crippen molar-refractivity contribution >= 4 is 27.5 Å². The smallest absolute Gasteiger partial charge is 0.227 e. The lowest BCUT2D eigenvalue weighted by Crippen LogP contribution is -2.29. The van der Waals surface area contributed by atoms with Gasteiger partial charge in [-0.3, -0.25) is 4.79 Å². The van der Waals surface area contributed by atoms with E-state index < -0.39 is 0 Å². The number of amides is 1. The quantitative estimate of drug-likeness (QED) is 0.884. The first-order valence-electron chi connectivity index (χ1n) is 6.98. The van der Waals surface area contributed by atoms with E-state index in [4.69, 9.17) is 10.5 Å². The van der Waals surface area contributed by atoms with Gasteiger partial charge in [0, 0.05) is 17.7 Å². The molecule has 0 aromatic heterocycles. The lowest BCUT2D eigenvalue weighted by molar-refractivity contribution is -0.121. The zero-order chi connectivity index (χ0) is 14.5. The summed E-state index contributed by atoms with van der Waals surface area (Å²) in [6.45, 7) is 0.734. The van der Waals surface area contributed by atoms with Gasteiger partial charge in [0.15, 0.2) is 0 Å². The van der Waals surface area contributed by atoms with Crippen molar-refractivity contribution in [3.05, 3.63) is 22.7 Å². The van der Waals surface area contributed by atoms with E-state index in [2.05, 4.69) is 21.2 Å². The maximum absolute atomic E-state index is 12.3. The minimum absolute atomic E-state index is 0.102. The number of hydrogen-bond acceptors (Lipinski definition) is 3. The number of nitrogens with two attached hydrogens (primary N) is 1. The van der Waals surface area contributed by atoms with Gasteiger partial charge in [-0.15, -0.1) is 0 Å². The van der Waals surface area contributed by atoms with Crippen LogP contribution in [0.3, 0.4) is 0 Å². The largest absolute Gasteiger partial charge is 0.495 e. The van der Waals surface area contributed by atoms with Crippen LogP contribution in [0.5, 0.6) is 5.75 Å². The van der Waals surface area contributed by atoms with Crippen molar-refractivity contribution in [2.24, 2.45) is 17.6 Å². The standard InChI is InChI=1S/C15H21BrN2O2/c1-20-14-8-12(6-7-13(14)16)18-15(19)11-4-2-10(9-17)3-5-11/h6-8,10-11H,2-5,9,17H2,1H3,(H,18,19). The Morgan fingerprint density at radius 2 is 2.10 bits per heavy atom. The molecule has 0 aliphatic heterocycles. The molecule has 1 fully saturated rings. The Labute approximate surface area is 128 Å². The first kappa shape index (κ1) is 15.3. The maximum atomic E-state index is 12.3. The summed E-state index contributed by atoms with van der Waals surface area (Å²) in [5.41, 5.74) is 6.45. The summed E-state index contributed by atoms with van der Waals surface area (Å²) in [4.78, 5) is 12.3. The monoisotopic (exact) mass is 340 g/mol. The van der Waals surface area contributed by atoms with E-state index in [1.165, 1.54) is 0 Å². The molecule has 0 saturated heterocycles. The van der Waals surface area contributed by atoms with Gasteiger partial charge in [-0.2, -0.15) is 0 Å². The summed E-state index contributed by atoms with van der Waals surface area (Å²) >= 11 is 3.40. The number of benzene rings is 1. The van der Waals surface area contributed by atoms with Crippen LogP contribution in [0.1, 0.15) is 25.7 Å². The van der Waals surface area contributed by atoms with Gasteiger partial charge < -0.3 is 15.8 Å². The molecule has 0 bridgehead atoms. The summed E-state index contributed by atoms with van der Waals surface area (Å²) in [5.74, 6) is 1.51. The number of nitrogens with one attached hydrogen (secondary N) is 1. The van der Waals surface area contributed by atoms with Crippen molar-refractivity contribution in [1.29, 1.82) is 0 Å². The SMILES string of the molecule is COc1cc(NC(=O)C2CCC(CN)CC2)ccc1Br. The number of ether oxygens (including phenoxy) is 1. The minimum Gasteiger partial charge on any atom is -0.495 e. The zero-order valence-electron chi connectivity index (χ0n) is 11.7. The number of anilines is 1. The van der Waals surface area contributed by atoms with Gasteiger partial charge in [-0.25, -0.2) is 0 Å². The minimum atomic E-state index is 0.102. The Bertz CT molecular complexity index is 471. The summed E-state index contributed by atoms with van der Waals surface area (Å²) in [7, 11) is 1.61. The number of carbonyl (C=O) groups excluding carboxylic acids is 1. The molecule has 2 rings (SSSR count). The third kappa shape index (κ3) is 3.73. The Kier molecular flexibility index (Phi) is 5.43. The summed E-state index contributed by atoms with van der Waals surface area (Å²) < 4.78 is 6.11. The van der Waals surface area contributed by atoms with Gasteiger partial charge in [0.2, 0.25) is 5.91 Å². The molecule has 0 spiro atoms. The average Bonchev–Trinajstić information content (AvgIpc) is 2.49. The van der Waals surface area contributed by atoms with Crippen molar-refractivity contribution in [3.63, 3.8) is 0 Å². The highest BCUT2D eigenvalue weighted by molar-refractivity contribution is 9.10. The van der Waals surface area contributed by atoms with Gasteiger partial charge in [0.1, 0.15) is 5.75 Å². The molecule has 0 radical (unpaired) electrons. The molecule has 20 heavy (non-hydrogen) atoms. The Morgan fingerprint density at radius 1 is 1.40 bits per heavy atom. The fraction of sp³-hybridized carbons (Fsp3) is 0.533. The predicted molar refractivity (Wildman–Crippen MR) is 83.8 cm³/mol. The number of methoxy groups -OCH3 is 1. The van der Waals surface area contributed by atoms with Crippen molar-refractivity contribution < 1.29 is 9.53 Å². The summed E-state index contributed by atoms with van der Waals surface area (Å²) in [6.07, 6.45) is 3.97. The zero-order valence-corrected chi connectivity index (χ0v) is 13.3. The average molecular weight is 341 g/mol. The molecule has 110 valence electrons. The van der Waals surface area contributed by atoms with Crippen LogP contribution in [0.2, 0.25) is 0 Å². The van der Waals surface area contributed by atoms with Gasteiger partial charge in [-0.1, -0.05) is 0 Å². The first-order valence-corrected chi connectivity index (χ1v) is 7.77. The van der Waals surface area contributed by atoms with Crippen LogP contribution in [-0.2, 0) is 4.79 Å². The Morgan fingerprint density at radius 3 is 2.70 bits per heavy atom. The van der Waals surface area contributed by atoms with E-state index in [-0.39, 0.29) is 11.8 Å². The van der Waals surface area contributed by atoms with Crippen LogP contribution >= 0.6 is 15.9 Å². The van der Waals surface area contributed by atoms with Crippen LogP contribution in [-0.4, -0.2) is 19.6 Å². The Hall–Kier alpha value is -1.07. The molecule has 1 saturated carbocycles. The molecule has 4 nitrogen and oxygen atoms in total. The lowest BCUT2D eigenvalue weighted by Gasteiger charge is -2.26. The molecule has 1 aromatic carbocycles. The second-order valence-corrected chi connectivity index (χ2v) is 6.15. The Balaban J connectivity index is 1.95. The molecule has 1 aliphatic carbocycles. The molecule has 0 atom stereocenters. The molecule has 5 heteroatoms. The molecule has 0 unspecified atom stereocenters. The van der Waals surface area contributed by atoms with Crippen LogP contribution in [0.4, 0.5) is 5.69 Å². The van der Waals surface area contributed by atoms with Crippen LogP contribution in [0.25, 0.3) is 0 Å². The second kappa shape index (κ2) is 7.09. The van der Waals surface area contributed by atoms with E-state index in [1.54, 1.807) is 7.11 Å². The topological polar surface area (TPSA) is 64.3 Å². The third-order valence-electron chi connectivity index (χ3n) is 3.97. The highest BCUT2D eigenvalue weighted by Gasteiger charge is 2.25. The molecule has 1 aromatic rings. The molecular weight excluding hydrogens is 320 g/mol. The maximum Gasteiger partial charge on any atom is 0.227 e. The van der Waals surface area contributed by atoms with Gasteiger partial charge in [0.05, 0.1) is 11.6 Å². The summed E-state index contributed by atoms with van der Waals surface area (Å²) in [5, 5.41) is 2.98. The van der Waals surface area contributed by atoms with Gasteiger partial charge in [0.25, 0.3) is 0 Å². The van der Waals surface area contributed by atoms with Crippen LogP contribution < -0.4 is 15.8 Å². The number of halogens is 1.